The molecule has 1 rings (SSSR count). The Balaban J connectivity index is 2.50. The largest absolute Gasteiger partial charge is 0.481 e. The fraction of sp³-hybridized carbons (Fsp3) is 0.500. The van der Waals surface area contributed by atoms with Crippen LogP contribution in [-0.4, -0.2) is 23.0 Å². The van der Waals surface area contributed by atoms with Gasteiger partial charge in [-0.15, -0.1) is 11.3 Å². The van der Waals surface area contributed by atoms with Crippen molar-refractivity contribution in [2.75, 3.05) is 0 Å². The highest BCUT2D eigenvalue weighted by Gasteiger charge is 2.30. The summed E-state index contributed by atoms with van der Waals surface area (Å²) in [6, 6.07) is 3.03. The lowest BCUT2D eigenvalue weighted by molar-refractivity contribution is -0.149. The Kier molecular flexibility index (Phi) is 5.48. The minimum atomic E-state index is -1.21. The van der Waals surface area contributed by atoms with E-state index in [1.807, 2.05) is 26.0 Å². The van der Waals surface area contributed by atoms with Gasteiger partial charge in [-0.05, 0) is 39.8 Å². The Morgan fingerprint density at radius 3 is 2.43 bits per heavy atom. The predicted molar refractivity (Wildman–Crippen MR) is 80.2 cm³/mol. The van der Waals surface area contributed by atoms with Crippen molar-refractivity contribution in [3.05, 3.63) is 21.9 Å². The van der Waals surface area contributed by atoms with Crippen LogP contribution in [0, 0.1) is 12.3 Å². The van der Waals surface area contributed by atoms with Crippen LogP contribution in [0.25, 0.3) is 0 Å². The molecule has 6 nitrogen and oxygen atoms in total. The van der Waals surface area contributed by atoms with Crippen LogP contribution in [0.5, 0.6) is 0 Å². The first-order chi connectivity index (χ1) is 9.61. The van der Waals surface area contributed by atoms with E-state index in [0.29, 0.717) is 0 Å². The second-order valence-corrected chi connectivity index (χ2v) is 6.88. The van der Waals surface area contributed by atoms with Gasteiger partial charge in [0.2, 0.25) is 5.91 Å². The molecule has 1 heterocycles. The van der Waals surface area contributed by atoms with Gasteiger partial charge >= 0.3 is 12.0 Å². The minimum absolute atomic E-state index is 0.219. The molecule has 3 amide bonds. The quantitative estimate of drug-likeness (QED) is 0.778. The van der Waals surface area contributed by atoms with Crippen molar-refractivity contribution in [2.45, 2.75) is 40.2 Å². The molecule has 0 spiro atoms. The lowest BCUT2D eigenvalue weighted by Gasteiger charge is -2.18. The zero-order valence-corrected chi connectivity index (χ0v) is 13.3. The van der Waals surface area contributed by atoms with Crippen molar-refractivity contribution in [1.82, 2.24) is 10.6 Å². The SMILES string of the molecule is Cc1ccc(C(C)NC(=O)NC(=O)CC(C)(C)C(=O)O)s1. The number of rotatable bonds is 5. The Morgan fingerprint density at radius 1 is 1.33 bits per heavy atom. The van der Waals surface area contributed by atoms with E-state index in [9.17, 15) is 14.4 Å². The molecule has 1 aromatic heterocycles. The van der Waals surface area contributed by atoms with E-state index in [0.717, 1.165) is 9.75 Å². The highest BCUT2D eigenvalue weighted by atomic mass is 32.1. The van der Waals surface area contributed by atoms with Crippen LogP contribution < -0.4 is 10.6 Å². The molecule has 1 aromatic rings. The van der Waals surface area contributed by atoms with Gasteiger partial charge in [0.25, 0.3) is 0 Å². The molecule has 0 aliphatic rings. The molecular weight excluding hydrogens is 292 g/mol. The molecule has 0 aliphatic heterocycles. The van der Waals surface area contributed by atoms with Crippen LogP contribution in [0.4, 0.5) is 4.79 Å². The van der Waals surface area contributed by atoms with E-state index in [-0.39, 0.29) is 12.5 Å². The third-order valence-corrected chi connectivity index (χ3v) is 4.15. The van der Waals surface area contributed by atoms with Gasteiger partial charge in [0.05, 0.1) is 11.5 Å². The Bertz CT molecular complexity index is 551. The van der Waals surface area contributed by atoms with Gasteiger partial charge in [-0.25, -0.2) is 4.79 Å². The minimum Gasteiger partial charge on any atom is -0.481 e. The number of aliphatic carboxylic acids is 1. The standard InChI is InChI=1S/C14H20N2O4S/c1-8-5-6-10(21-8)9(2)15-13(20)16-11(17)7-14(3,4)12(18)19/h5-6,9H,7H2,1-4H3,(H,18,19)(H2,15,16,17,20). The number of nitrogens with one attached hydrogen (secondary N) is 2. The molecule has 0 radical (unpaired) electrons. The Morgan fingerprint density at radius 2 is 1.95 bits per heavy atom. The number of hydrogen-bond donors (Lipinski definition) is 3. The molecule has 0 fully saturated rings. The normalized spacial score (nSPS) is 12.6. The van der Waals surface area contributed by atoms with E-state index in [2.05, 4.69) is 10.6 Å². The number of thiophene rings is 1. The average Bonchev–Trinajstić information content (AvgIpc) is 2.74. The molecule has 0 aromatic carbocycles. The van der Waals surface area contributed by atoms with Gasteiger partial charge in [-0.2, -0.15) is 0 Å². The predicted octanol–water partition coefficient (Wildman–Crippen LogP) is 2.44. The summed E-state index contributed by atoms with van der Waals surface area (Å²) in [5.41, 5.74) is -1.21. The van der Waals surface area contributed by atoms with Gasteiger partial charge in [0.15, 0.2) is 0 Å². The van der Waals surface area contributed by atoms with Crippen molar-refractivity contribution in [2.24, 2.45) is 5.41 Å². The monoisotopic (exact) mass is 312 g/mol. The summed E-state index contributed by atoms with van der Waals surface area (Å²) in [5, 5.41) is 13.7. The summed E-state index contributed by atoms with van der Waals surface area (Å²) in [4.78, 5) is 36.4. The first-order valence-corrected chi connectivity index (χ1v) is 7.33. The van der Waals surface area contributed by atoms with E-state index in [4.69, 9.17) is 5.11 Å². The third-order valence-electron chi connectivity index (χ3n) is 2.97. The van der Waals surface area contributed by atoms with Crippen LogP contribution in [0.2, 0.25) is 0 Å². The maximum atomic E-state index is 11.7. The number of aryl methyl sites for hydroxylation is 1. The summed E-state index contributed by atoms with van der Waals surface area (Å²) >= 11 is 1.57. The Labute approximate surface area is 127 Å². The van der Waals surface area contributed by atoms with Crippen molar-refractivity contribution >= 4 is 29.2 Å². The number of urea groups is 1. The van der Waals surface area contributed by atoms with Crippen molar-refractivity contribution < 1.29 is 19.5 Å². The molecular formula is C14H20N2O4S. The second kappa shape index (κ2) is 6.71. The zero-order valence-electron chi connectivity index (χ0n) is 12.5. The van der Waals surface area contributed by atoms with Gasteiger partial charge in [-0.1, -0.05) is 0 Å². The number of carboxylic acids is 1. The number of hydrogen-bond acceptors (Lipinski definition) is 4. The van der Waals surface area contributed by atoms with Crippen molar-refractivity contribution in [3.8, 4) is 0 Å². The lowest BCUT2D eigenvalue weighted by Crippen LogP contribution is -2.42. The second-order valence-electron chi connectivity index (χ2n) is 5.56. The molecule has 0 saturated carbocycles. The van der Waals surface area contributed by atoms with E-state index in [1.165, 1.54) is 13.8 Å². The summed E-state index contributed by atoms with van der Waals surface area (Å²) in [6.45, 7) is 6.66. The number of carbonyl (C=O) groups is 3. The van der Waals surface area contributed by atoms with E-state index in [1.54, 1.807) is 11.3 Å². The van der Waals surface area contributed by atoms with Crippen molar-refractivity contribution in [1.29, 1.82) is 0 Å². The fourth-order valence-electron chi connectivity index (χ4n) is 1.64. The summed E-state index contributed by atoms with van der Waals surface area (Å²) < 4.78 is 0. The first kappa shape index (κ1) is 17.2. The molecule has 0 aliphatic carbocycles. The maximum Gasteiger partial charge on any atom is 0.321 e. The molecule has 0 saturated heterocycles. The van der Waals surface area contributed by atoms with Crippen molar-refractivity contribution in [3.63, 3.8) is 0 Å². The van der Waals surface area contributed by atoms with Crippen LogP contribution in [0.3, 0.4) is 0 Å². The lowest BCUT2D eigenvalue weighted by atomic mass is 9.89. The highest BCUT2D eigenvalue weighted by Crippen LogP contribution is 2.22. The topological polar surface area (TPSA) is 95.5 Å². The van der Waals surface area contributed by atoms with Crippen LogP contribution in [-0.2, 0) is 9.59 Å². The molecule has 0 bridgehead atoms. The van der Waals surface area contributed by atoms with Gasteiger partial charge < -0.3 is 10.4 Å². The molecule has 1 unspecified atom stereocenters. The van der Waals surface area contributed by atoms with Gasteiger partial charge in [0, 0.05) is 16.2 Å². The molecule has 7 heteroatoms. The smallest absolute Gasteiger partial charge is 0.321 e. The van der Waals surface area contributed by atoms with Gasteiger partial charge in [0.1, 0.15) is 0 Å². The molecule has 3 N–H and O–H groups in total. The Hall–Kier alpha value is -1.89. The number of carbonyl (C=O) groups excluding carboxylic acids is 2. The molecule has 1 atom stereocenters. The van der Waals surface area contributed by atoms with Gasteiger partial charge in [-0.3, -0.25) is 14.9 Å². The molecule has 21 heavy (non-hydrogen) atoms. The van der Waals surface area contributed by atoms with E-state index >= 15 is 0 Å². The average molecular weight is 312 g/mol. The maximum absolute atomic E-state index is 11.7. The number of imide groups is 1. The zero-order chi connectivity index (χ0) is 16.2. The van der Waals surface area contributed by atoms with Crippen LogP contribution >= 0.6 is 11.3 Å². The summed E-state index contributed by atoms with van der Waals surface area (Å²) in [7, 11) is 0. The summed E-state index contributed by atoms with van der Waals surface area (Å²) in [6.07, 6.45) is -0.262. The van der Waals surface area contributed by atoms with E-state index < -0.39 is 23.3 Å². The number of amides is 3. The first-order valence-electron chi connectivity index (χ1n) is 6.52. The van der Waals surface area contributed by atoms with Crippen LogP contribution in [0.15, 0.2) is 12.1 Å². The summed E-state index contributed by atoms with van der Waals surface area (Å²) in [5.74, 6) is -1.70. The highest BCUT2D eigenvalue weighted by molar-refractivity contribution is 7.12. The third kappa shape index (κ3) is 5.18. The van der Waals surface area contributed by atoms with Crippen LogP contribution in [0.1, 0.15) is 43.0 Å². The fourth-order valence-corrected chi connectivity index (χ4v) is 2.52. The number of carboxylic acid groups (broad SMARTS) is 1. The molecule has 116 valence electrons.